The van der Waals surface area contributed by atoms with E-state index in [4.69, 9.17) is 42.1 Å². The van der Waals surface area contributed by atoms with E-state index in [0.29, 0.717) is 17.1 Å². The van der Waals surface area contributed by atoms with Crippen LogP contribution in [0, 0.1) is 5.82 Å². The van der Waals surface area contributed by atoms with Crippen LogP contribution in [0.3, 0.4) is 0 Å². The molecule has 1 aliphatic rings. The molecule has 11 heteroatoms. The number of aliphatic hydroxyl groups excluding tert-OH is 1. The van der Waals surface area contributed by atoms with Crippen molar-refractivity contribution in [2.24, 2.45) is 0 Å². The minimum absolute atomic E-state index is 0.0642. The van der Waals surface area contributed by atoms with Gasteiger partial charge in [0.05, 0.1) is 55.7 Å². The van der Waals surface area contributed by atoms with Gasteiger partial charge in [0.15, 0.2) is 11.5 Å². The van der Waals surface area contributed by atoms with E-state index >= 15 is 0 Å². The number of Topliss-reactive ketones (excluding diaryl/α,β-unsaturated/α-hetero) is 1. The van der Waals surface area contributed by atoms with Crippen molar-refractivity contribution in [1.82, 2.24) is 0 Å². The Labute approximate surface area is 227 Å². The Hall–Kier alpha value is -3.95. The van der Waals surface area contributed by atoms with Crippen molar-refractivity contribution in [3.63, 3.8) is 0 Å². The van der Waals surface area contributed by atoms with Crippen molar-refractivity contribution >= 4 is 46.3 Å². The van der Waals surface area contributed by atoms with Crippen molar-refractivity contribution in [3.05, 3.63) is 81.1 Å². The maximum Gasteiger partial charge on any atom is 0.300 e. The molecule has 1 N–H and O–H groups in total. The van der Waals surface area contributed by atoms with Gasteiger partial charge in [-0.1, -0.05) is 29.3 Å². The van der Waals surface area contributed by atoms with E-state index in [2.05, 4.69) is 0 Å². The van der Waals surface area contributed by atoms with Crippen LogP contribution < -0.4 is 23.8 Å². The first-order chi connectivity index (χ1) is 18.2. The predicted molar refractivity (Wildman–Crippen MR) is 140 cm³/mol. The van der Waals surface area contributed by atoms with E-state index in [1.165, 1.54) is 52.7 Å². The first-order valence-electron chi connectivity index (χ1n) is 11.1. The summed E-state index contributed by atoms with van der Waals surface area (Å²) in [4.78, 5) is 28.0. The average Bonchev–Trinajstić information content (AvgIpc) is 3.19. The second kappa shape index (κ2) is 10.8. The summed E-state index contributed by atoms with van der Waals surface area (Å²) in [5.74, 6) is -2.13. The molecule has 1 heterocycles. The lowest BCUT2D eigenvalue weighted by Crippen LogP contribution is -2.29. The summed E-state index contributed by atoms with van der Waals surface area (Å²) in [6, 6.07) is 10.0. The summed E-state index contributed by atoms with van der Waals surface area (Å²) in [5, 5.41) is 11.5. The highest BCUT2D eigenvalue weighted by Crippen LogP contribution is 2.46. The Morgan fingerprint density at radius 2 is 1.47 bits per heavy atom. The molecule has 1 saturated heterocycles. The Morgan fingerprint density at radius 3 is 2.08 bits per heavy atom. The van der Waals surface area contributed by atoms with Crippen molar-refractivity contribution in [3.8, 4) is 23.0 Å². The fraction of sp³-hybridized carbons (Fsp3) is 0.185. The van der Waals surface area contributed by atoms with Gasteiger partial charge in [-0.3, -0.25) is 14.5 Å². The number of aliphatic hydroxyl groups is 1. The van der Waals surface area contributed by atoms with Crippen LogP contribution in [-0.2, 0) is 9.59 Å². The first kappa shape index (κ1) is 27.1. The number of hydrogen-bond acceptors (Lipinski definition) is 7. The van der Waals surface area contributed by atoms with Crippen LogP contribution in [0.4, 0.5) is 10.1 Å². The summed E-state index contributed by atoms with van der Waals surface area (Å²) in [7, 11) is 5.64. The number of benzene rings is 3. The lowest BCUT2D eigenvalue weighted by molar-refractivity contribution is -0.132. The van der Waals surface area contributed by atoms with Crippen molar-refractivity contribution in [2.45, 2.75) is 6.04 Å². The normalized spacial score (nSPS) is 16.5. The molecule has 38 heavy (non-hydrogen) atoms. The molecule has 4 rings (SSSR count). The van der Waals surface area contributed by atoms with Crippen LogP contribution in [0.25, 0.3) is 5.76 Å². The highest BCUT2D eigenvalue weighted by atomic mass is 35.5. The molecule has 1 atom stereocenters. The number of hydrogen-bond donors (Lipinski definition) is 1. The number of carbonyl (C=O) groups excluding carboxylic acids is 2. The number of carbonyl (C=O) groups is 2. The third-order valence-corrected chi connectivity index (χ3v) is 6.66. The molecule has 198 valence electrons. The lowest BCUT2D eigenvalue weighted by atomic mass is 9.94. The summed E-state index contributed by atoms with van der Waals surface area (Å²) >= 11 is 12.2. The Morgan fingerprint density at radius 1 is 0.816 bits per heavy atom. The third-order valence-electron chi connectivity index (χ3n) is 6.08. The minimum atomic E-state index is -1.16. The maximum absolute atomic E-state index is 14.0. The largest absolute Gasteiger partial charge is 0.507 e. The Kier molecular flexibility index (Phi) is 7.71. The Bertz CT molecular complexity index is 1470. The van der Waals surface area contributed by atoms with Gasteiger partial charge >= 0.3 is 0 Å². The topological polar surface area (TPSA) is 94.5 Å². The van der Waals surface area contributed by atoms with Crippen LogP contribution >= 0.6 is 23.2 Å². The zero-order valence-corrected chi connectivity index (χ0v) is 22.2. The molecule has 1 unspecified atom stereocenters. The van der Waals surface area contributed by atoms with Crippen LogP contribution in [0.2, 0.25) is 10.0 Å². The van der Waals surface area contributed by atoms with E-state index in [0.717, 1.165) is 11.0 Å². The predicted octanol–water partition coefficient (Wildman–Crippen LogP) is 5.79. The van der Waals surface area contributed by atoms with Gasteiger partial charge in [0.25, 0.3) is 11.7 Å². The smallest absolute Gasteiger partial charge is 0.300 e. The molecule has 0 spiro atoms. The molecular weight excluding hydrogens is 540 g/mol. The third kappa shape index (κ3) is 4.59. The highest BCUT2D eigenvalue weighted by Gasteiger charge is 2.47. The van der Waals surface area contributed by atoms with E-state index in [1.807, 2.05) is 0 Å². The Balaban J connectivity index is 2.03. The summed E-state index contributed by atoms with van der Waals surface area (Å²) in [6.07, 6.45) is 0. The highest BCUT2D eigenvalue weighted by molar-refractivity contribution is 6.52. The molecular formula is C27H22Cl2FNO7. The molecule has 1 fully saturated rings. The second-order valence-corrected chi connectivity index (χ2v) is 8.88. The molecule has 0 bridgehead atoms. The van der Waals surface area contributed by atoms with E-state index in [1.54, 1.807) is 18.2 Å². The van der Waals surface area contributed by atoms with Crippen molar-refractivity contribution in [1.29, 1.82) is 0 Å². The van der Waals surface area contributed by atoms with E-state index in [9.17, 15) is 19.1 Å². The summed E-state index contributed by atoms with van der Waals surface area (Å²) < 4.78 is 35.3. The van der Waals surface area contributed by atoms with Crippen molar-refractivity contribution < 1.29 is 38.0 Å². The quantitative estimate of drug-likeness (QED) is 0.221. The SMILES string of the molecule is COc1cc(/C(O)=C2\C(=O)C(=O)N(c3ccc(F)c(Cl)c3)C2c2ccc(OC)c(OC)c2)c(OC)cc1Cl. The second-order valence-electron chi connectivity index (χ2n) is 8.07. The number of halogens is 3. The maximum atomic E-state index is 14.0. The summed E-state index contributed by atoms with van der Waals surface area (Å²) in [5.41, 5.74) is 0.335. The first-order valence-corrected chi connectivity index (χ1v) is 11.8. The monoisotopic (exact) mass is 561 g/mol. The number of anilines is 1. The molecule has 1 aliphatic heterocycles. The minimum Gasteiger partial charge on any atom is -0.507 e. The van der Waals surface area contributed by atoms with Crippen LogP contribution in [0.1, 0.15) is 17.2 Å². The molecule has 0 aliphatic carbocycles. The molecule has 1 amide bonds. The van der Waals surface area contributed by atoms with Gasteiger partial charge in [-0.25, -0.2) is 4.39 Å². The van der Waals surface area contributed by atoms with Gasteiger partial charge in [0.1, 0.15) is 23.1 Å². The number of methoxy groups -OCH3 is 4. The molecule has 3 aromatic carbocycles. The van der Waals surface area contributed by atoms with E-state index in [-0.39, 0.29) is 38.4 Å². The van der Waals surface area contributed by atoms with Crippen LogP contribution in [0.5, 0.6) is 23.0 Å². The van der Waals surface area contributed by atoms with Gasteiger partial charge in [0, 0.05) is 11.8 Å². The number of rotatable bonds is 7. The number of amides is 1. The average molecular weight is 562 g/mol. The van der Waals surface area contributed by atoms with Gasteiger partial charge in [-0.15, -0.1) is 0 Å². The molecule has 0 saturated carbocycles. The zero-order chi connectivity index (χ0) is 27.7. The molecule has 0 radical (unpaired) electrons. The van der Waals surface area contributed by atoms with Gasteiger partial charge in [-0.05, 0) is 42.0 Å². The molecule has 3 aromatic rings. The van der Waals surface area contributed by atoms with Gasteiger partial charge in [0.2, 0.25) is 0 Å². The number of nitrogens with zero attached hydrogens (tertiary/aromatic N) is 1. The lowest BCUT2D eigenvalue weighted by Gasteiger charge is -2.26. The van der Waals surface area contributed by atoms with E-state index < -0.39 is 29.3 Å². The van der Waals surface area contributed by atoms with Crippen molar-refractivity contribution in [2.75, 3.05) is 33.3 Å². The summed E-state index contributed by atoms with van der Waals surface area (Å²) in [6.45, 7) is 0. The molecule has 0 aromatic heterocycles. The van der Waals surface area contributed by atoms with Gasteiger partial charge in [-0.2, -0.15) is 0 Å². The van der Waals surface area contributed by atoms with Gasteiger partial charge < -0.3 is 24.1 Å². The fourth-order valence-electron chi connectivity index (χ4n) is 4.26. The number of ether oxygens (including phenoxy) is 4. The number of ketones is 1. The van der Waals surface area contributed by atoms with Crippen LogP contribution in [0.15, 0.2) is 54.1 Å². The fourth-order valence-corrected chi connectivity index (χ4v) is 4.67. The standard InChI is InChI=1S/C27H22Cl2FNO7/c1-35-19-8-5-13(9-22(19)38-4)24-23(25(32)15-11-21(37-3)17(29)12-20(15)36-2)26(33)27(34)31(24)14-6-7-18(30)16(28)10-14/h5-12,24,32H,1-4H3/b25-23+. The van der Waals surface area contributed by atoms with Crippen LogP contribution in [-0.4, -0.2) is 45.2 Å². The molecule has 8 nitrogen and oxygen atoms in total. The zero-order valence-electron chi connectivity index (χ0n) is 20.7.